The van der Waals surface area contributed by atoms with Crippen LogP contribution in [-0.2, 0) is 0 Å². The van der Waals surface area contributed by atoms with Crippen molar-refractivity contribution in [2.45, 2.75) is 13.0 Å². The number of para-hydroxylation sites is 2. The molecule has 126 valence electrons. The molecule has 3 rings (SSSR count). The molecule has 6 heteroatoms. The summed E-state index contributed by atoms with van der Waals surface area (Å²) in [5, 5.41) is 2.83. The number of nitrogens with zero attached hydrogens (tertiary/aromatic N) is 3. The van der Waals surface area contributed by atoms with Gasteiger partial charge in [-0.05, 0) is 31.2 Å². The fraction of sp³-hybridized carbons (Fsp3) is 0.333. The van der Waals surface area contributed by atoms with Gasteiger partial charge in [0.2, 0.25) is 0 Å². The van der Waals surface area contributed by atoms with Gasteiger partial charge >= 0.3 is 6.03 Å². The van der Waals surface area contributed by atoms with Crippen LogP contribution in [0.3, 0.4) is 0 Å². The zero-order valence-corrected chi connectivity index (χ0v) is 14.0. The Bertz CT molecular complexity index is 692. The van der Waals surface area contributed by atoms with Crippen LogP contribution in [0.1, 0.15) is 6.92 Å². The summed E-state index contributed by atoms with van der Waals surface area (Å²) in [5.74, 6) is 0.872. The van der Waals surface area contributed by atoms with E-state index in [0.29, 0.717) is 12.2 Å². The predicted octanol–water partition coefficient (Wildman–Crippen LogP) is 2.83. The lowest BCUT2D eigenvalue weighted by atomic mass is 10.2. The van der Waals surface area contributed by atoms with Crippen molar-refractivity contribution in [3.63, 3.8) is 0 Å². The van der Waals surface area contributed by atoms with E-state index in [9.17, 15) is 4.79 Å². The molecule has 2 amide bonds. The van der Waals surface area contributed by atoms with E-state index in [4.69, 9.17) is 4.74 Å². The summed E-state index contributed by atoms with van der Waals surface area (Å²) in [4.78, 5) is 20.2. The third kappa shape index (κ3) is 3.59. The number of nitrogens with one attached hydrogen (secondary N) is 1. The van der Waals surface area contributed by atoms with Crippen molar-refractivity contribution < 1.29 is 9.53 Å². The van der Waals surface area contributed by atoms with Crippen LogP contribution in [0.2, 0.25) is 0 Å². The maximum Gasteiger partial charge on any atom is 0.321 e. The standard InChI is InChI=1S/C18H22N4O2/c1-3-22-13-15(24-17-9-5-4-8-16(17)22)12-21(2)18(23)20-14-7-6-10-19-11-14/h4-11,15H,3,12-13H2,1-2H3,(H,20,23)/t15-/m0/s1. The molecule has 6 nitrogen and oxygen atoms in total. The van der Waals surface area contributed by atoms with E-state index in [0.717, 1.165) is 24.5 Å². The minimum Gasteiger partial charge on any atom is -0.485 e. The van der Waals surface area contributed by atoms with Crippen molar-refractivity contribution in [2.75, 3.05) is 36.9 Å². The first-order valence-corrected chi connectivity index (χ1v) is 8.10. The van der Waals surface area contributed by atoms with Gasteiger partial charge in [-0.3, -0.25) is 4.98 Å². The molecule has 1 aromatic carbocycles. The monoisotopic (exact) mass is 326 g/mol. The number of anilines is 2. The Kier molecular flexibility index (Phi) is 4.84. The van der Waals surface area contributed by atoms with E-state index in [1.54, 1.807) is 30.4 Å². The van der Waals surface area contributed by atoms with Crippen molar-refractivity contribution in [3.8, 4) is 5.75 Å². The van der Waals surface area contributed by atoms with Crippen molar-refractivity contribution in [3.05, 3.63) is 48.8 Å². The van der Waals surface area contributed by atoms with Crippen LogP contribution in [0.4, 0.5) is 16.2 Å². The van der Waals surface area contributed by atoms with Crippen molar-refractivity contribution in [1.29, 1.82) is 0 Å². The Hall–Kier alpha value is -2.76. The number of urea groups is 1. The largest absolute Gasteiger partial charge is 0.485 e. The van der Waals surface area contributed by atoms with Gasteiger partial charge in [0, 0.05) is 19.8 Å². The molecule has 0 spiro atoms. The number of aromatic nitrogens is 1. The third-order valence-electron chi connectivity index (χ3n) is 4.04. The number of ether oxygens (including phenoxy) is 1. The molecule has 0 aliphatic carbocycles. The predicted molar refractivity (Wildman–Crippen MR) is 94.6 cm³/mol. The van der Waals surface area contributed by atoms with Crippen LogP contribution >= 0.6 is 0 Å². The first-order chi connectivity index (χ1) is 11.7. The molecule has 2 heterocycles. The van der Waals surface area contributed by atoms with Gasteiger partial charge in [-0.15, -0.1) is 0 Å². The van der Waals surface area contributed by atoms with E-state index in [1.807, 2.05) is 24.3 Å². The summed E-state index contributed by atoms with van der Waals surface area (Å²) in [6, 6.07) is 11.4. The summed E-state index contributed by atoms with van der Waals surface area (Å²) in [6.07, 6.45) is 3.23. The summed E-state index contributed by atoms with van der Waals surface area (Å²) < 4.78 is 6.06. The lowest BCUT2D eigenvalue weighted by Gasteiger charge is -2.37. The minimum absolute atomic E-state index is 0.0653. The number of rotatable bonds is 4. The molecule has 1 N–H and O–H groups in total. The van der Waals surface area contributed by atoms with Gasteiger partial charge in [-0.2, -0.15) is 0 Å². The second kappa shape index (κ2) is 7.21. The molecule has 1 aliphatic heterocycles. The van der Waals surface area contributed by atoms with Crippen LogP contribution in [0.5, 0.6) is 5.75 Å². The Labute approximate surface area is 142 Å². The molecule has 0 saturated carbocycles. The fourth-order valence-electron chi connectivity index (χ4n) is 2.82. The van der Waals surface area contributed by atoms with Crippen LogP contribution < -0.4 is 15.0 Å². The van der Waals surface area contributed by atoms with Crippen molar-refractivity contribution in [2.24, 2.45) is 0 Å². The number of hydrogen-bond acceptors (Lipinski definition) is 4. The maximum absolute atomic E-state index is 12.3. The van der Waals surface area contributed by atoms with Gasteiger partial charge in [-0.1, -0.05) is 12.1 Å². The van der Waals surface area contributed by atoms with E-state index in [-0.39, 0.29) is 12.1 Å². The van der Waals surface area contributed by atoms with E-state index in [2.05, 4.69) is 28.2 Å². The molecule has 24 heavy (non-hydrogen) atoms. The molecule has 0 fully saturated rings. The van der Waals surface area contributed by atoms with Crippen LogP contribution in [0.25, 0.3) is 0 Å². The zero-order valence-electron chi connectivity index (χ0n) is 14.0. The van der Waals surface area contributed by atoms with E-state index in [1.165, 1.54) is 0 Å². The molecule has 1 aliphatic rings. The quantitative estimate of drug-likeness (QED) is 0.939. The molecular formula is C18H22N4O2. The normalized spacial score (nSPS) is 16.1. The lowest BCUT2D eigenvalue weighted by Crippen LogP contribution is -2.47. The number of fused-ring (bicyclic) bond motifs is 1. The smallest absolute Gasteiger partial charge is 0.321 e. The van der Waals surface area contributed by atoms with E-state index >= 15 is 0 Å². The number of likely N-dealkylation sites (N-methyl/N-ethyl adjacent to an activating group) is 2. The SMILES string of the molecule is CCN1C[C@H](CN(C)C(=O)Nc2cccnc2)Oc2ccccc21. The average Bonchev–Trinajstić information content (AvgIpc) is 2.61. The molecular weight excluding hydrogens is 304 g/mol. The highest BCUT2D eigenvalue weighted by molar-refractivity contribution is 5.88. The minimum atomic E-state index is -0.173. The van der Waals surface area contributed by atoms with Gasteiger partial charge in [0.1, 0.15) is 11.9 Å². The first kappa shape index (κ1) is 16.1. The number of pyridine rings is 1. The van der Waals surface area contributed by atoms with Gasteiger partial charge in [0.15, 0.2) is 0 Å². The molecule has 0 saturated heterocycles. The van der Waals surface area contributed by atoms with Crippen molar-refractivity contribution in [1.82, 2.24) is 9.88 Å². The third-order valence-corrected chi connectivity index (χ3v) is 4.04. The topological polar surface area (TPSA) is 57.7 Å². The summed E-state index contributed by atoms with van der Waals surface area (Å²) in [5.41, 5.74) is 1.79. The summed E-state index contributed by atoms with van der Waals surface area (Å²) in [6.45, 7) is 4.30. The van der Waals surface area contributed by atoms with E-state index < -0.39 is 0 Å². The Morgan fingerprint density at radius 3 is 2.96 bits per heavy atom. The Morgan fingerprint density at radius 2 is 2.21 bits per heavy atom. The molecule has 0 bridgehead atoms. The average molecular weight is 326 g/mol. The summed E-state index contributed by atoms with van der Waals surface area (Å²) in [7, 11) is 1.77. The zero-order chi connectivity index (χ0) is 16.9. The highest BCUT2D eigenvalue weighted by Crippen LogP contribution is 2.32. The number of hydrogen-bond donors (Lipinski definition) is 1. The van der Waals surface area contributed by atoms with Gasteiger partial charge < -0.3 is 19.9 Å². The second-order valence-corrected chi connectivity index (χ2v) is 5.80. The number of carbonyl (C=O) groups is 1. The highest BCUT2D eigenvalue weighted by atomic mass is 16.5. The number of amides is 2. The lowest BCUT2D eigenvalue weighted by molar-refractivity contribution is 0.150. The van der Waals surface area contributed by atoms with Crippen LogP contribution in [0, 0.1) is 0 Å². The van der Waals surface area contributed by atoms with Gasteiger partial charge in [-0.25, -0.2) is 4.79 Å². The van der Waals surface area contributed by atoms with Crippen LogP contribution in [0.15, 0.2) is 48.8 Å². The maximum atomic E-state index is 12.3. The van der Waals surface area contributed by atoms with Gasteiger partial charge in [0.25, 0.3) is 0 Å². The Morgan fingerprint density at radius 1 is 1.38 bits per heavy atom. The molecule has 0 radical (unpaired) electrons. The summed E-state index contributed by atoms with van der Waals surface area (Å²) >= 11 is 0. The molecule has 1 aromatic heterocycles. The number of carbonyl (C=O) groups excluding carboxylic acids is 1. The highest BCUT2D eigenvalue weighted by Gasteiger charge is 2.26. The molecule has 2 aromatic rings. The number of benzene rings is 1. The Balaban J connectivity index is 1.62. The van der Waals surface area contributed by atoms with Gasteiger partial charge in [0.05, 0.1) is 30.7 Å². The fourth-order valence-corrected chi connectivity index (χ4v) is 2.82. The van der Waals surface area contributed by atoms with Crippen molar-refractivity contribution >= 4 is 17.4 Å². The first-order valence-electron chi connectivity index (χ1n) is 8.10. The van der Waals surface area contributed by atoms with Crippen LogP contribution in [-0.4, -0.2) is 48.7 Å². The second-order valence-electron chi connectivity index (χ2n) is 5.80. The molecule has 0 unspecified atom stereocenters. The molecule has 1 atom stereocenters.